The Morgan fingerprint density at radius 3 is 2.86 bits per heavy atom. The Labute approximate surface area is 162 Å². The minimum atomic E-state index is -0.376. The van der Waals surface area contributed by atoms with Crippen molar-refractivity contribution in [3.8, 4) is 5.69 Å². The Morgan fingerprint density at radius 1 is 1.32 bits per heavy atom. The number of nitrogens with zero attached hydrogens (tertiary/aromatic N) is 4. The molecule has 8 nitrogen and oxygen atoms in total. The summed E-state index contributed by atoms with van der Waals surface area (Å²) in [5.74, 6) is -0.376. The van der Waals surface area contributed by atoms with Crippen molar-refractivity contribution in [2.45, 2.75) is 38.3 Å². The number of oxazole rings is 1. The average molecular weight is 381 g/mol. The van der Waals surface area contributed by atoms with Gasteiger partial charge in [-0.2, -0.15) is 10.1 Å². The number of fused-ring (bicyclic) bond motifs is 3. The molecule has 2 bridgehead atoms. The zero-order valence-corrected chi connectivity index (χ0v) is 15.8. The van der Waals surface area contributed by atoms with Gasteiger partial charge in [0.2, 0.25) is 0 Å². The van der Waals surface area contributed by atoms with E-state index in [4.69, 9.17) is 14.1 Å². The first-order chi connectivity index (χ1) is 13.7. The number of anilines is 1. The number of piperazine rings is 1. The smallest absolute Gasteiger partial charge is 0.338 e. The molecule has 3 aromatic rings. The summed E-state index contributed by atoms with van der Waals surface area (Å²) >= 11 is 0. The number of hydrogen-bond acceptors (Lipinski definition) is 7. The van der Waals surface area contributed by atoms with Gasteiger partial charge in [-0.3, -0.25) is 0 Å². The summed E-state index contributed by atoms with van der Waals surface area (Å²) in [5, 5.41) is 7.98. The number of hydrogen-bond donors (Lipinski definition) is 1. The van der Waals surface area contributed by atoms with Crippen LogP contribution < -0.4 is 10.2 Å². The largest absolute Gasteiger partial charge is 0.462 e. The molecule has 0 radical (unpaired) electrons. The number of piperidine rings is 1. The van der Waals surface area contributed by atoms with Gasteiger partial charge in [0.05, 0.1) is 12.2 Å². The summed E-state index contributed by atoms with van der Waals surface area (Å²) in [7, 11) is 0. The normalized spacial score (nSPS) is 21.8. The summed E-state index contributed by atoms with van der Waals surface area (Å²) in [6, 6.07) is 6.86. The Balaban J connectivity index is 1.58. The van der Waals surface area contributed by atoms with Crippen molar-refractivity contribution in [3.05, 3.63) is 36.2 Å². The maximum absolute atomic E-state index is 12.3. The molecule has 28 heavy (non-hydrogen) atoms. The van der Waals surface area contributed by atoms with Gasteiger partial charge in [-0.15, -0.1) is 0 Å². The van der Waals surface area contributed by atoms with E-state index in [2.05, 4.69) is 15.3 Å². The topological polar surface area (TPSA) is 85.4 Å². The molecule has 146 valence electrons. The van der Waals surface area contributed by atoms with Crippen molar-refractivity contribution < 1.29 is 13.9 Å². The molecule has 2 aromatic heterocycles. The SMILES string of the molecule is CCOC(=O)c1cc(-n2cccn2)c2oc(N3CC4CCCC(C3)N4)nc2c1. The van der Waals surface area contributed by atoms with Crippen molar-refractivity contribution in [2.24, 2.45) is 0 Å². The molecule has 8 heteroatoms. The minimum absolute atomic E-state index is 0.321. The molecule has 5 rings (SSSR count). The van der Waals surface area contributed by atoms with Crippen LogP contribution in [-0.2, 0) is 4.74 Å². The van der Waals surface area contributed by atoms with E-state index in [1.807, 2.05) is 12.3 Å². The lowest BCUT2D eigenvalue weighted by Gasteiger charge is -2.41. The van der Waals surface area contributed by atoms with Crippen LogP contribution in [-0.4, -0.2) is 52.5 Å². The van der Waals surface area contributed by atoms with E-state index in [9.17, 15) is 4.79 Å². The molecule has 2 atom stereocenters. The second kappa shape index (κ2) is 6.94. The van der Waals surface area contributed by atoms with Crippen molar-refractivity contribution >= 4 is 23.1 Å². The zero-order valence-electron chi connectivity index (χ0n) is 15.8. The lowest BCUT2D eigenvalue weighted by molar-refractivity contribution is 0.0526. The van der Waals surface area contributed by atoms with E-state index in [1.165, 1.54) is 19.3 Å². The van der Waals surface area contributed by atoms with Gasteiger partial charge in [0, 0.05) is 37.6 Å². The van der Waals surface area contributed by atoms with Crippen LogP contribution in [0.25, 0.3) is 16.8 Å². The minimum Gasteiger partial charge on any atom is -0.462 e. The monoisotopic (exact) mass is 381 g/mol. The van der Waals surface area contributed by atoms with E-state index in [1.54, 1.807) is 29.9 Å². The highest BCUT2D eigenvalue weighted by Gasteiger charge is 2.32. The first-order valence-corrected chi connectivity index (χ1v) is 9.84. The van der Waals surface area contributed by atoms with Crippen LogP contribution in [0.15, 0.2) is 35.0 Å². The lowest BCUT2D eigenvalue weighted by Crippen LogP contribution is -2.58. The summed E-state index contributed by atoms with van der Waals surface area (Å²) in [6.07, 6.45) is 7.15. The maximum Gasteiger partial charge on any atom is 0.338 e. The Kier molecular flexibility index (Phi) is 4.27. The van der Waals surface area contributed by atoms with Gasteiger partial charge in [0.25, 0.3) is 6.01 Å². The summed E-state index contributed by atoms with van der Waals surface area (Å²) < 4.78 is 13.1. The van der Waals surface area contributed by atoms with E-state index in [0.717, 1.165) is 13.1 Å². The molecule has 0 aliphatic carbocycles. The van der Waals surface area contributed by atoms with Crippen molar-refractivity contribution in [3.63, 3.8) is 0 Å². The Bertz CT molecular complexity index is 985. The number of carbonyl (C=O) groups excluding carboxylic acids is 1. The van der Waals surface area contributed by atoms with Crippen LogP contribution in [0.1, 0.15) is 36.5 Å². The predicted octanol–water partition coefficient (Wildman–Crippen LogP) is 2.52. The molecular formula is C20H23N5O3. The van der Waals surface area contributed by atoms with Crippen LogP contribution in [0.3, 0.4) is 0 Å². The molecule has 1 aromatic carbocycles. The van der Waals surface area contributed by atoms with Gasteiger partial charge in [-0.1, -0.05) is 6.42 Å². The van der Waals surface area contributed by atoms with Gasteiger partial charge in [-0.25, -0.2) is 9.48 Å². The summed E-state index contributed by atoms with van der Waals surface area (Å²) in [5.41, 5.74) is 2.38. The molecule has 2 unspecified atom stereocenters. The lowest BCUT2D eigenvalue weighted by atomic mass is 9.94. The van der Waals surface area contributed by atoms with Gasteiger partial charge >= 0.3 is 5.97 Å². The van der Waals surface area contributed by atoms with E-state index in [-0.39, 0.29) is 5.97 Å². The molecule has 0 spiro atoms. The highest BCUT2D eigenvalue weighted by Crippen LogP contribution is 2.31. The molecule has 2 aliphatic rings. The highest BCUT2D eigenvalue weighted by molar-refractivity contribution is 5.96. The zero-order chi connectivity index (χ0) is 19.1. The first kappa shape index (κ1) is 17.2. The molecule has 2 saturated heterocycles. The number of carbonyl (C=O) groups is 1. The van der Waals surface area contributed by atoms with Crippen LogP contribution in [0.2, 0.25) is 0 Å². The number of rotatable bonds is 4. The van der Waals surface area contributed by atoms with Gasteiger partial charge < -0.3 is 19.4 Å². The second-order valence-corrected chi connectivity index (χ2v) is 7.41. The van der Waals surface area contributed by atoms with Crippen LogP contribution in [0.4, 0.5) is 6.01 Å². The van der Waals surface area contributed by atoms with Gasteiger partial charge in [0.1, 0.15) is 11.2 Å². The third-order valence-electron chi connectivity index (χ3n) is 5.45. The average Bonchev–Trinajstić information content (AvgIpc) is 3.37. The van der Waals surface area contributed by atoms with Crippen LogP contribution in [0.5, 0.6) is 0 Å². The Hall–Kier alpha value is -2.87. The van der Waals surface area contributed by atoms with Gasteiger partial charge in [-0.05, 0) is 38.0 Å². The molecule has 2 fully saturated rings. The predicted molar refractivity (Wildman–Crippen MR) is 104 cm³/mol. The second-order valence-electron chi connectivity index (χ2n) is 7.41. The van der Waals surface area contributed by atoms with Crippen LogP contribution in [0, 0.1) is 0 Å². The fraction of sp³-hybridized carbons (Fsp3) is 0.450. The highest BCUT2D eigenvalue weighted by atomic mass is 16.5. The molecule has 4 heterocycles. The standard InChI is InChI=1S/C20H23N5O3/c1-2-27-19(26)13-9-16-18(17(10-13)25-8-4-7-21-25)28-20(23-16)24-11-14-5-3-6-15(12-24)22-14/h4,7-10,14-15,22H,2-3,5-6,11-12H2,1H3. The number of ether oxygens (including phenoxy) is 1. The fourth-order valence-electron chi connectivity index (χ4n) is 4.21. The molecular weight excluding hydrogens is 358 g/mol. The van der Waals surface area contributed by atoms with E-state index in [0.29, 0.717) is 47.1 Å². The third kappa shape index (κ3) is 3.03. The Morgan fingerprint density at radius 2 is 2.14 bits per heavy atom. The van der Waals surface area contributed by atoms with Crippen molar-refractivity contribution in [1.29, 1.82) is 0 Å². The summed E-state index contributed by atoms with van der Waals surface area (Å²) in [6.45, 7) is 3.87. The van der Waals surface area contributed by atoms with E-state index >= 15 is 0 Å². The van der Waals surface area contributed by atoms with Crippen molar-refractivity contribution in [2.75, 3.05) is 24.6 Å². The third-order valence-corrected chi connectivity index (χ3v) is 5.45. The maximum atomic E-state index is 12.3. The number of aromatic nitrogens is 3. The van der Waals surface area contributed by atoms with E-state index < -0.39 is 0 Å². The van der Waals surface area contributed by atoms with Crippen LogP contribution >= 0.6 is 0 Å². The van der Waals surface area contributed by atoms with Gasteiger partial charge in [0.15, 0.2) is 5.58 Å². The summed E-state index contributed by atoms with van der Waals surface area (Å²) in [4.78, 5) is 19.3. The molecule has 1 N–H and O–H groups in total. The fourth-order valence-corrected chi connectivity index (χ4v) is 4.21. The molecule has 0 amide bonds. The number of benzene rings is 1. The molecule has 2 aliphatic heterocycles. The number of nitrogens with one attached hydrogen (secondary N) is 1. The van der Waals surface area contributed by atoms with Crippen molar-refractivity contribution in [1.82, 2.24) is 20.1 Å². The quantitative estimate of drug-likeness (QED) is 0.695. The number of esters is 1. The first-order valence-electron chi connectivity index (χ1n) is 9.84. The molecule has 0 saturated carbocycles.